The van der Waals surface area contributed by atoms with E-state index in [0.717, 1.165) is 25.7 Å². The van der Waals surface area contributed by atoms with Gasteiger partial charge in [-0.15, -0.1) is 0 Å². The van der Waals surface area contributed by atoms with Crippen molar-refractivity contribution in [3.63, 3.8) is 0 Å². The van der Waals surface area contributed by atoms with Gasteiger partial charge in [-0.3, -0.25) is 15.1 Å². The summed E-state index contributed by atoms with van der Waals surface area (Å²) >= 11 is 0. The lowest BCUT2D eigenvalue weighted by Gasteiger charge is -2.08. The van der Waals surface area contributed by atoms with E-state index >= 15 is 0 Å². The summed E-state index contributed by atoms with van der Waals surface area (Å²) in [4.78, 5) is 40.9. The van der Waals surface area contributed by atoms with Gasteiger partial charge in [-0.2, -0.15) is 0 Å². The van der Waals surface area contributed by atoms with Gasteiger partial charge < -0.3 is 20.5 Å². The quantitative estimate of drug-likeness (QED) is 0.180. The second kappa shape index (κ2) is 15.1. The standard InChI is InChI=1S/C16H27N5O5S2/c1-12-10-13(23)20-14(19-12)21-15(24)17-6-4-2-3-5-7-18-16(25)26-11-28-27-9-8-22/h10,22H,2-9,11H2,1H3,(H,18,25)(H3,17,19,20,21,23,24). The number of H-pyrrole nitrogens is 1. The highest BCUT2D eigenvalue weighted by Gasteiger charge is 2.04. The summed E-state index contributed by atoms with van der Waals surface area (Å²) in [7, 11) is 2.82. The Hall–Kier alpha value is -1.92. The van der Waals surface area contributed by atoms with Crippen molar-refractivity contribution >= 4 is 39.7 Å². The van der Waals surface area contributed by atoms with Gasteiger partial charge in [-0.25, -0.2) is 14.6 Å². The maximum atomic E-state index is 11.7. The number of nitrogens with zero attached hydrogens (tertiary/aromatic N) is 1. The van der Waals surface area contributed by atoms with Crippen molar-refractivity contribution in [3.05, 3.63) is 22.1 Å². The summed E-state index contributed by atoms with van der Waals surface area (Å²) in [5.74, 6) is 0.968. The van der Waals surface area contributed by atoms with E-state index in [9.17, 15) is 14.4 Å². The van der Waals surface area contributed by atoms with Crippen LogP contribution in [-0.4, -0.2) is 58.6 Å². The minimum absolute atomic E-state index is 0.106. The van der Waals surface area contributed by atoms with Crippen LogP contribution >= 0.6 is 21.6 Å². The number of unbranched alkanes of at least 4 members (excludes halogenated alkanes) is 3. The number of rotatable bonds is 13. The maximum absolute atomic E-state index is 11.7. The SMILES string of the molecule is Cc1cc(=O)[nH]c(NC(=O)NCCCCCCNC(=O)OCSSCCO)n1. The fraction of sp³-hybridized carbons (Fsp3) is 0.625. The molecule has 12 heteroatoms. The molecule has 1 aromatic heterocycles. The largest absolute Gasteiger partial charge is 0.438 e. The summed E-state index contributed by atoms with van der Waals surface area (Å²) in [6, 6.07) is 0.919. The molecule has 0 aliphatic carbocycles. The molecule has 0 saturated heterocycles. The highest BCUT2D eigenvalue weighted by atomic mass is 33.1. The predicted molar refractivity (Wildman–Crippen MR) is 112 cm³/mol. The highest BCUT2D eigenvalue weighted by Crippen LogP contribution is 2.19. The Labute approximate surface area is 171 Å². The molecule has 0 bridgehead atoms. The van der Waals surface area contributed by atoms with E-state index in [0.29, 0.717) is 24.5 Å². The number of hydrogen-bond donors (Lipinski definition) is 5. The Morgan fingerprint density at radius 2 is 1.89 bits per heavy atom. The third kappa shape index (κ3) is 12.5. The van der Waals surface area contributed by atoms with Crippen LogP contribution in [-0.2, 0) is 4.74 Å². The number of ether oxygens (including phenoxy) is 1. The van der Waals surface area contributed by atoms with E-state index in [1.54, 1.807) is 6.92 Å². The molecule has 0 aliphatic heterocycles. The van der Waals surface area contributed by atoms with Crippen LogP contribution in [0.5, 0.6) is 0 Å². The Morgan fingerprint density at radius 3 is 2.57 bits per heavy atom. The van der Waals surface area contributed by atoms with Crippen LogP contribution in [0.2, 0.25) is 0 Å². The number of carbonyl (C=O) groups is 2. The van der Waals surface area contributed by atoms with Crippen molar-refractivity contribution in [2.45, 2.75) is 32.6 Å². The molecule has 0 unspecified atom stereocenters. The van der Waals surface area contributed by atoms with Gasteiger partial charge in [0.2, 0.25) is 5.95 Å². The molecule has 158 valence electrons. The average molecular weight is 434 g/mol. The third-order valence-corrected chi connectivity index (χ3v) is 5.27. The Kier molecular flexibility index (Phi) is 13.0. The van der Waals surface area contributed by atoms with E-state index in [2.05, 4.69) is 25.9 Å². The monoisotopic (exact) mass is 433 g/mol. The number of aliphatic hydroxyl groups excluding tert-OH is 1. The van der Waals surface area contributed by atoms with Crippen molar-refractivity contribution in [2.75, 3.05) is 36.7 Å². The van der Waals surface area contributed by atoms with E-state index < -0.39 is 12.1 Å². The summed E-state index contributed by atoms with van der Waals surface area (Å²) in [5, 5.41) is 16.5. The first-order chi connectivity index (χ1) is 13.5. The van der Waals surface area contributed by atoms with E-state index in [4.69, 9.17) is 9.84 Å². The van der Waals surface area contributed by atoms with E-state index in [1.165, 1.54) is 27.7 Å². The van der Waals surface area contributed by atoms with Crippen molar-refractivity contribution in [1.82, 2.24) is 20.6 Å². The van der Waals surface area contributed by atoms with Crippen molar-refractivity contribution in [1.29, 1.82) is 0 Å². The summed E-state index contributed by atoms with van der Waals surface area (Å²) in [6.45, 7) is 2.81. The van der Waals surface area contributed by atoms with E-state index in [1.807, 2.05) is 0 Å². The number of alkyl carbamates (subject to hydrolysis) is 1. The molecule has 5 N–H and O–H groups in total. The van der Waals surface area contributed by atoms with E-state index in [-0.39, 0.29) is 24.1 Å². The molecular weight excluding hydrogens is 406 g/mol. The lowest BCUT2D eigenvalue weighted by atomic mass is 10.2. The Bertz CT molecular complexity index is 659. The highest BCUT2D eigenvalue weighted by molar-refractivity contribution is 8.76. The van der Waals surface area contributed by atoms with Gasteiger partial charge in [-0.05, 0) is 19.8 Å². The van der Waals surface area contributed by atoms with Gasteiger partial charge in [-0.1, -0.05) is 34.4 Å². The van der Waals surface area contributed by atoms with Crippen molar-refractivity contribution in [2.24, 2.45) is 0 Å². The first-order valence-electron chi connectivity index (χ1n) is 8.90. The molecule has 28 heavy (non-hydrogen) atoms. The number of amides is 3. The van der Waals surface area contributed by atoms with Crippen molar-refractivity contribution in [3.8, 4) is 0 Å². The fourth-order valence-corrected chi connectivity index (χ4v) is 3.39. The fourth-order valence-electron chi connectivity index (χ4n) is 2.04. The van der Waals surface area contributed by atoms with Crippen LogP contribution in [0.15, 0.2) is 10.9 Å². The molecule has 1 aromatic rings. The number of aliphatic hydroxyl groups is 1. The number of nitrogens with one attached hydrogen (secondary N) is 4. The zero-order valence-corrected chi connectivity index (χ0v) is 17.4. The van der Waals surface area contributed by atoms with Crippen LogP contribution in [0, 0.1) is 6.92 Å². The summed E-state index contributed by atoms with van der Waals surface area (Å²) in [6.07, 6.45) is 3.00. The van der Waals surface area contributed by atoms with Crippen LogP contribution in [0.3, 0.4) is 0 Å². The zero-order chi connectivity index (χ0) is 20.6. The molecule has 0 aromatic carbocycles. The Morgan fingerprint density at radius 1 is 1.18 bits per heavy atom. The van der Waals surface area contributed by atoms with Gasteiger partial charge in [0.25, 0.3) is 5.56 Å². The molecular formula is C16H27N5O5S2. The zero-order valence-electron chi connectivity index (χ0n) is 15.8. The minimum Gasteiger partial charge on any atom is -0.438 e. The number of hydrogen-bond acceptors (Lipinski definition) is 8. The number of anilines is 1. The lowest BCUT2D eigenvalue weighted by Crippen LogP contribution is -2.31. The van der Waals surface area contributed by atoms with Gasteiger partial charge in [0.1, 0.15) is 5.94 Å². The predicted octanol–water partition coefficient (Wildman–Crippen LogP) is 1.82. The number of carbonyl (C=O) groups excluding carboxylic acids is 2. The number of aromatic amines is 1. The molecule has 1 rings (SSSR count). The molecule has 0 atom stereocenters. The first-order valence-corrected chi connectivity index (χ1v) is 11.4. The normalized spacial score (nSPS) is 10.4. The first kappa shape index (κ1) is 24.1. The van der Waals surface area contributed by atoms with Gasteiger partial charge in [0.05, 0.1) is 6.61 Å². The lowest BCUT2D eigenvalue weighted by molar-refractivity contribution is 0.166. The average Bonchev–Trinajstić information content (AvgIpc) is 2.62. The molecule has 0 aliphatic rings. The summed E-state index contributed by atoms with van der Waals surface area (Å²) < 4.78 is 4.95. The molecule has 0 spiro atoms. The van der Waals surface area contributed by atoms with Crippen LogP contribution in [0.1, 0.15) is 31.4 Å². The molecule has 10 nitrogen and oxygen atoms in total. The topological polar surface area (TPSA) is 145 Å². The van der Waals surface area contributed by atoms with Gasteiger partial charge >= 0.3 is 12.1 Å². The van der Waals surface area contributed by atoms with Crippen LogP contribution in [0.4, 0.5) is 15.5 Å². The van der Waals surface area contributed by atoms with Gasteiger partial charge in [0.15, 0.2) is 0 Å². The maximum Gasteiger partial charge on any atom is 0.407 e. The number of aryl methyl sites for hydroxylation is 1. The van der Waals surface area contributed by atoms with Crippen LogP contribution < -0.4 is 21.5 Å². The molecule has 0 radical (unpaired) electrons. The van der Waals surface area contributed by atoms with Gasteiger partial charge in [0, 0.05) is 30.6 Å². The number of urea groups is 1. The molecule has 0 saturated carbocycles. The number of aromatic nitrogens is 2. The summed E-state index contributed by atoms with van der Waals surface area (Å²) in [5.41, 5.74) is 0.204. The van der Waals surface area contributed by atoms with Crippen LogP contribution in [0.25, 0.3) is 0 Å². The molecule has 0 fully saturated rings. The smallest absolute Gasteiger partial charge is 0.407 e. The van der Waals surface area contributed by atoms with Crippen molar-refractivity contribution < 1.29 is 19.4 Å². The molecule has 3 amide bonds. The third-order valence-electron chi connectivity index (χ3n) is 3.26. The molecule has 1 heterocycles. The second-order valence-electron chi connectivity index (χ2n) is 5.67. The minimum atomic E-state index is -0.446. The second-order valence-corrected chi connectivity index (χ2v) is 8.20. The Balaban J connectivity index is 1.96.